The Morgan fingerprint density at radius 2 is 1.62 bits per heavy atom. The number of aromatic nitrogens is 2. The van der Waals surface area contributed by atoms with E-state index in [9.17, 15) is 26.3 Å². The Kier molecular flexibility index (Phi) is 10.8. The van der Waals surface area contributed by atoms with Gasteiger partial charge in [0.1, 0.15) is 11.4 Å². The van der Waals surface area contributed by atoms with E-state index in [-0.39, 0.29) is 5.60 Å². The number of carboxylic acid groups (broad SMARTS) is 2. The molecule has 1 aromatic carbocycles. The van der Waals surface area contributed by atoms with Crippen molar-refractivity contribution in [3.8, 4) is 5.75 Å². The molecule has 1 spiro atoms. The largest absolute Gasteiger partial charge is 0.490 e. The van der Waals surface area contributed by atoms with Crippen LogP contribution in [0.15, 0.2) is 36.8 Å². The fraction of sp³-hybridized carbons (Fsp3) is 0.542. The van der Waals surface area contributed by atoms with Crippen molar-refractivity contribution < 1.29 is 50.9 Å². The first-order valence-electron chi connectivity index (χ1n) is 11.9. The molecule has 39 heavy (non-hydrogen) atoms. The van der Waals surface area contributed by atoms with Crippen LogP contribution in [0.3, 0.4) is 0 Å². The van der Waals surface area contributed by atoms with Gasteiger partial charge in [-0.15, -0.1) is 0 Å². The SMILES string of the molecule is CCN1CCC2(CC1)CC(NCc1cncn1C)c1ccccc1O2.O=C(O)C(F)(F)F.O=C(O)C(F)(F)F. The minimum absolute atomic E-state index is 0.0237. The Hall–Kier alpha value is -3.33. The second-order valence-electron chi connectivity index (χ2n) is 9.00. The van der Waals surface area contributed by atoms with E-state index in [1.54, 1.807) is 0 Å². The number of para-hydroxylation sites is 1. The molecule has 3 N–H and O–H groups in total. The summed E-state index contributed by atoms with van der Waals surface area (Å²) in [6.45, 7) is 6.47. The lowest BCUT2D eigenvalue weighted by atomic mass is 9.80. The highest BCUT2D eigenvalue weighted by molar-refractivity contribution is 5.73. The summed E-state index contributed by atoms with van der Waals surface area (Å²) in [4.78, 5) is 24.5. The first kappa shape index (κ1) is 31.9. The fourth-order valence-electron chi connectivity index (χ4n) is 4.17. The molecule has 1 atom stereocenters. The topological polar surface area (TPSA) is 117 Å². The van der Waals surface area contributed by atoms with Gasteiger partial charge in [0.15, 0.2) is 0 Å². The van der Waals surface area contributed by atoms with Gasteiger partial charge in [-0.25, -0.2) is 14.6 Å². The lowest BCUT2D eigenvalue weighted by molar-refractivity contribution is -0.193. The summed E-state index contributed by atoms with van der Waals surface area (Å²) >= 11 is 0. The van der Waals surface area contributed by atoms with Crippen molar-refractivity contribution in [2.45, 2.75) is 56.7 Å². The molecule has 0 amide bonds. The predicted molar refractivity (Wildman–Crippen MR) is 126 cm³/mol. The van der Waals surface area contributed by atoms with Crippen LogP contribution in [0.2, 0.25) is 0 Å². The maximum atomic E-state index is 10.6. The average molecular weight is 569 g/mol. The zero-order valence-electron chi connectivity index (χ0n) is 21.2. The Morgan fingerprint density at radius 1 is 1.08 bits per heavy atom. The number of aryl methyl sites for hydroxylation is 1. The van der Waals surface area contributed by atoms with Crippen molar-refractivity contribution in [3.05, 3.63) is 48.0 Å². The van der Waals surface area contributed by atoms with Gasteiger partial charge in [0, 0.05) is 50.9 Å². The van der Waals surface area contributed by atoms with Gasteiger partial charge in [0.2, 0.25) is 0 Å². The van der Waals surface area contributed by atoms with Crippen LogP contribution >= 0.6 is 0 Å². The van der Waals surface area contributed by atoms with E-state index in [1.165, 1.54) is 11.3 Å². The number of fused-ring (bicyclic) bond motifs is 1. The molecule has 2 aliphatic rings. The minimum Gasteiger partial charge on any atom is -0.487 e. The molecular formula is C24H30F6N4O5. The van der Waals surface area contributed by atoms with Crippen molar-refractivity contribution >= 4 is 11.9 Å². The Morgan fingerprint density at radius 3 is 2.08 bits per heavy atom. The predicted octanol–water partition coefficient (Wildman–Crippen LogP) is 4.15. The van der Waals surface area contributed by atoms with Gasteiger partial charge in [0.05, 0.1) is 12.0 Å². The number of piperidine rings is 1. The number of carbonyl (C=O) groups is 2. The number of alkyl halides is 6. The molecular weight excluding hydrogens is 538 g/mol. The van der Waals surface area contributed by atoms with Crippen molar-refractivity contribution in [2.75, 3.05) is 19.6 Å². The van der Waals surface area contributed by atoms with Crippen LogP contribution in [-0.2, 0) is 23.2 Å². The molecule has 0 aliphatic carbocycles. The summed E-state index contributed by atoms with van der Waals surface area (Å²) < 4.78 is 72.1. The highest BCUT2D eigenvalue weighted by Gasteiger charge is 2.43. The van der Waals surface area contributed by atoms with Gasteiger partial charge in [-0.3, -0.25) is 0 Å². The van der Waals surface area contributed by atoms with E-state index in [0.717, 1.165) is 51.2 Å². The van der Waals surface area contributed by atoms with Gasteiger partial charge in [-0.1, -0.05) is 25.1 Å². The molecule has 2 aliphatic heterocycles. The number of rotatable bonds is 4. The standard InChI is InChI=1S/C20H28N4O.2C2HF3O2/c1-3-24-10-8-20(9-11-24)12-18(17-6-4-5-7-19(17)25-20)22-14-16-13-21-15-23(16)2;2*3-2(4,5)1(6)7/h4-7,13,15,18,22H,3,8-12,14H2,1-2H3;2*(H,6,7). The third-order valence-corrected chi connectivity index (χ3v) is 6.34. The monoisotopic (exact) mass is 568 g/mol. The summed E-state index contributed by atoms with van der Waals surface area (Å²) in [6.07, 6.45) is -3.11. The number of carboxylic acids is 2. The Balaban J connectivity index is 0.000000317. The van der Waals surface area contributed by atoms with Gasteiger partial charge in [-0.2, -0.15) is 26.3 Å². The first-order valence-corrected chi connectivity index (χ1v) is 11.9. The number of hydrogen-bond acceptors (Lipinski definition) is 6. The number of hydrogen-bond donors (Lipinski definition) is 3. The highest BCUT2D eigenvalue weighted by Crippen LogP contribution is 2.44. The van der Waals surface area contributed by atoms with Gasteiger partial charge in [-0.05, 0) is 25.5 Å². The molecule has 0 bridgehead atoms. The van der Waals surface area contributed by atoms with Crippen molar-refractivity contribution in [2.24, 2.45) is 7.05 Å². The van der Waals surface area contributed by atoms with Crippen molar-refractivity contribution in [3.63, 3.8) is 0 Å². The molecule has 4 rings (SSSR count). The molecule has 1 aromatic heterocycles. The Bertz CT molecular complexity index is 1070. The van der Waals surface area contributed by atoms with Crippen LogP contribution in [0.5, 0.6) is 5.75 Å². The van der Waals surface area contributed by atoms with E-state index in [2.05, 4.69) is 51.0 Å². The third-order valence-electron chi connectivity index (χ3n) is 6.34. The molecule has 218 valence electrons. The second kappa shape index (κ2) is 13.2. The number of benzene rings is 1. The zero-order valence-corrected chi connectivity index (χ0v) is 21.2. The number of nitrogens with zero attached hydrogens (tertiary/aromatic N) is 3. The van der Waals surface area contributed by atoms with E-state index >= 15 is 0 Å². The maximum absolute atomic E-state index is 10.6. The van der Waals surface area contributed by atoms with Crippen LogP contribution in [0.4, 0.5) is 26.3 Å². The summed E-state index contributed by atoms with van der Waals surface area (Å²) in [5.74, 6) is -4.46. The number of imidazole rings is 1. The molecule has 1 fully saturated rings. The molecule has 1 unspecified atom stereocenters. The lowest BCUT2D eigenvalue weighted by Gasteiger charge is -2.47. The highest BCUT2D eigenvalue weighted by atomic mass is 19.4. The number of nitrogens with one attached hydrogen (secondary N) is 1. The third kappa shape index (κ3) is 9.42. The van der Waals surface area contributed by atoms with Gasteiger partial charge in [0.25, 0.3) is 0 Å². The first-order chi connectivity index (χ1) is 18.1. The van der Waals surface area contributed by atoms with Crippen LogP contribution in [0, 0.1) is 0 Å². The molecule has 2 aromatic rings. The van der Waals surface area contributed by atoms with Crippen LogP contribution in [0.1, 0.15) is 43.5 Å². The minimum atomic E-state index is -5.08. The van der Waals surface area contributed by atoms with Crippen LogP contribution < -0.4 is 10.1 Å². The summed E-state index contributed by atoms with van der Waals surface area (Å²) in [5, 5.41) is 18.0. The number of likely N-dealkylation sites (tertiary alicyclic amines) is 1. The van der Waals surface area contributed by atoms with E-state index < -0.39 is 24.3 Å². The van der Waals surface area contributed by atoms with Crippen molar-refractivity contribution in [1.82, 2.24) is 19.8 Å². The quantitative estimate of drug-likeness (QED) is 0.471. The maximum Gasteiger partial charge on any atom is 0.490 e. The summed E-state index contributed by atoms with van der Waals surface area (Å²) in [7, 11) is 2.05. The average Bonchev–Trinajstić information content (AvgIpc) is 3.27. The normalized spacial score (nSPS) is 18.5. The number of ether oxygens (including phenoxy) is 1. The molecule has 0 saturated carbocycles. The van der Waals surface area contributed by atoms with Gasteiger partial charge < -0.3 is 29.7 Å². The summed E-state index contributed by atoms with van der Waals surface area (Å²) in [5.41, 5.74) is 2.47. The molecule has 1 saturated heterocycles. The van der Waals surface area contributed by atoms with E-state index in [4.69, 9.17) is 24.5 Å². The second-order valence-corrected chi connectivity index (χ2v) is 9.00. The van der Waals surface area contributed by atoms with Crippen LogP contribution in [-0.4, -0.2) is 74.2 Å². The van der Waals surface area contributed by atoms with E-state index in [1.807, 2.05) is 19.6 Å². The van der Waals surface area contributed by atoms with Gasteiger partial charge >= 0.3 is 24.3 Å². The molecule has 9 nitrogen and oxygen atoms in total. The fourth-order valence-corrected chi connectivity index (χ4v) is 4.17. The van der Waals surface area contributed by atoms with Crippen LogP contribution in [0.25, 0.3) is 0 Å². The number of halogens is 6. The smallest absolute Gasteiger partial charge is 0.487 e. The lowest BCUT2D eigenvalue weighted by Crippen LogP contribution is -2.51. The molecule has 0 radical (unpaired) electrons. The van der Waals surface area contributed by atoms with E-state index in [0.29, 0.717) is 6.04 Å². The Labute approximate surface area is 220 Å². The summed E-state index contributed by atoms with van der Waals surface area (Å²) in [6, 6.07) is 8.84. The number of aliphatic carboxylic acids is 2. The molecule has 15 heteroatoms. The van der Waals surface area contributed by atoms with Crippen molar-refractivity contribution in [1.29, 1.82) is 0 Å². The zero-order chi connectivity index (χ0) is 29.4. The molecule has 3 heterocycles.